The lowest BCUT2D eigenvalue weighted by Gasteiger charge is -2.20. The van der Waals surface area contributed by atoms with E-state index >= 15 is 0 Å². The molecule has 138 valence electrons. The van der Waals surface area contributed by atoms with E-state index in [4.69, 9.17) is 23.2 Å². The van der Waals surface area contributed by atoms with Crippen LogP contribution >= 0.6 is 23.2 Å². The second-order valence-electron chi connectivity index (χ2n) is 6.10. The van der Waals surface area contributed by atoms with Gasteiger partial charge in [0.1, 0.15) is 0 Å². The van der Waals surface area contributed by atoms with E-state index < -0.39 is 4.92 Å². The first-order valence-electron chi connectivity index (χ1n) is 8.32. The molecule has 0 aliphatic carbocycles. The number of anilines is 2. The van der Waals surface area contributed by atoms with Gasteiger partial charge in [0.2, 0.25) is 0 Å². The van der Waals surface area contributed by atoms with E-state index in [-0.39, 0.29) is 11.6 Å². The molecule has 7 heteroatoms. The number of fused-ring (bicyclic) bond motifs is 1. The minimum absolute atomic E-state index is 0.0745. The molecule has 3 aromatic carbocycles. The highest BCUT2D eigenvalue weighted by molar-refractivity contribution is 6.44. The first-order valence-corrected chi connectivity index (χ1v) is 9.07. The zero-order chi connectivity index (χ0) is 19.8. The van der Waals surface area contributed by atoms with Gasteiger partial charge >= 0.3 is 0 Å². The summed E-state index contributed by atoms with van der Waals surface area (Å²) >= 11 is 12.7. The van der Waals surface area contributed by atoms with Crippen molar-refractivity contribution >= 4 is 57.8 Å². The molecule has 28 heavy (non-hydrogen) atoms. The fourth-order valence-corrected chi connectivity index (χ4v) is 3.80. The molecular formula is C21H12Cl2N2O3. The van der Waals surface area contributed by atoms with Crippen LogP contribution in [0.15, 0.2) is 66.7 Å². The molecule has 5 nitrogen and oxygen atoms in total. The van der Waals surface area contributed by atoms with Gasteiger partial charge in [0.05, 0.1) is 37.5 Å². The van der Waals surface area contributed by atoms with Gasteiger partial charge in [-0.3, -0.25) is 19.8 Å². The van der Waals surface area contributed by atoms with Crippen LogP contribution in [-0.2, 0) is 4.79 Å². The number of halogens is 2. The van der Waals surface area contributed by atoms with Crippen molar-refractivity contribution in [2.75, 3.05) is 4.90 Å². The second-order valence-corrected chi connectivity index (χ2v) is 6.92. The van der Waals surface area contributed by atoms with E-state index in [0.29, 0.717) is 38.1 Å². The molecule has 0 saturated heterocycles. The Hall–Kier alpha value is -3.15. The van der Waals surface area contributed by atoms with Gasteiger partial charge in [-0.05, 0) is 30.3 Å². The third-order valence-electron chi connectivity index (χ3n) is 4.46. The third-order valence-corrected chi connectivity index (χ3v) is 5.07. The summed E-state index contributed by atoms with van der Waals surface area (Å²) < 4.78 is 0. The van der Waals surface area contributed by atoms with Crippen LogP contribution in [-0.4, -0.2) is 10.8 Å². The van der Waals surface area contributed by atoms with Crippen molar-refractivity contribution in [1.29, 1.82) is 0 Å². The molecule has 1 amide bonds. The Balaban J connectivity index is 1.93. The van der Waals surface area contributed by atoms with E-state index in [9.17, 15) is 14.9 Å². The number of carbonyl (C=O) groups is 1. The molecule has 0 aromatic heterocycles. The number of benzene rings is 3. The van der Waals surface area contributed by atoms with Crippen molar-refractivity contribution in [3.05, 3.63) is 98.0 Å². The highest BCUT2D eigenvalue weighted by atomic mass is 35.5. The Morgan fingerprint density at radius 2 is 1.54 bits per heavy atom. The number of nitro benzene ring substituents is 1. The van der Waals surface area contributed by atoms with Gasteiger partial charge in [-0.15, -0.1) is 0 Å². The van der Waals surface area contributed by atoms with Gasteiger partial charge in [0.25, 0.3) is 11.6 Å². The van der Waals surface area contributed by atoms with Crippen molar-refractivity contribution in [2.45, 2.75) is 0 Å². The van der Waals surface area contributed by atoms with Gasteiger partial charge in [-0.1, -0.05) is 59.6 Å². The molecule has 1 heterocycles. The molecule has 0 saturated carbocycles. The molecule has 1 aliphatic heterocycles. The zero-order valence-corrected chi connectivity index (χ0v) is 15.8. The molecule has 0 radical (unpaired) electrons. The fraction of sp³-hybridized carbons (Fsp3) is 0. The smallest absolute Gasteiger partial charge is 0.273 e. The average Bonchev–Trinajstić information content (AvgIpc) is 2.94. The maximum Gasteiger partial charge on any atom is 0.276 e. The van der Waals surface area contributed by atoms with Crippen molar-refractivity contribution in [3.63, 3.8) is 0 Å². The van der Waals surface area contributed by atoms with E-state index in [0.717, 1.165) is 0 Å². The van der Waals surface area contributed by atoms with Crippen LogP contribution in [0.4, 0.5) is 17.1 Å². The van der Waals surface area contributed by atoms with Gasteiger partial charge < -0.3 is 0 Å². The largest absolute Gasteiger partial charge is 0.276 e. The fourth-order valence-electron chi connectivity index (χ4n) is 3.24. The highest BCUT2D eigenvalue weighted by Gasteiger charge is 2.35. The van der Waals surface area contributed by atoms with Crippen LogP contribution in [0.3, 0.4) is 0 Å². The van der Waals surface area contributed by atoms with Crippen LogP contribution in [0.1, 0.15) is 11.1 Å². The topological polar surface area (TPSA) is 63.4 Å². The number of amides is 1. The Morgan fingerprint density at radius 3 is 2.25 bits per heavy atom. The molecule has 0 unspecified atom stereocenters. The van der Waals surface area contributed by atoms with Crippen molar-refractivity contribution in [2.24, 2.45) is 0 Å². The van der Waals surface area contributed by atoms with Gasteiger partial charge in [0, 0.05) is 11.6 Å². The monoisotopic (exact) mass is 410 g/mol. The SMILES string of the molecule is O=C1/C(=C\c2ccccc2[N+](=O)[O-])c2ccccc2N1c1c(Cl)cccc1Cl. The number of rotatable bonds is 3. The minimum Gasteiger partial charge on any atom is -0.273 e. The summed E-state index contributed by atoms with van der Waals surface area (Å²) in [6.07, 6.45) is 1.53. The van der Waals surface area contributed by atoms with E-state index in [1.165, 1.54) is 17.0 Å². The average molecular weight is 411 g/mol. The second kappa shape index (κ2) is 7.11. The number of nitrogens with zero attached hydrogens (tertiary/aromatic N) is 2. The number of nitro groups is 1. The molecule has 1 aliphatic rings. The molecule has 0 spiro atoms. The first-order chi connectivity index (χ1) is 13.5. The number of hydrogen-bond donors (Lipinski definition) is 0. The third kappa shape index (κ3) is 2.95. The lowest BCUT2D eigenvalue weighted by molar-refractivity contribution is -0.385. The number of para-hydroxylation sites is 3. The summed E-state index contributed by atoms with van der Waals surface area (Å²) in [5.41, 5.74) is 2.26. The van der Waals surface area contributed by atoms with Gasteiger partial charge in [-0.25, -0.2) is 0 Å². The molecule has 0 atom stereocenters. The quantitative estimate of drug-likeness (QED) is 0.296. The van der Waals surface area contributed by atoms with E-state index in [2.05, 4.69) is 0 Å². The first kappa shape index (κ1) is 18.2. The van der Waals surface area contributed by atoms with Crippen molar-refractivity contribution in [1.82, 2.24) is 0 Å². The Morgan fingerprint density at radius 1 is 0.893 bits per heavy atom. The van der Waals surface area contributed by atoms with Crippen LogP contribution in [0.2, 0.25) is 10.0 Å². The lowest BCUT2D eigenvalue weighted by atomic mass is 10.0. The normalized spacial score (nSPS) is 14.4. The predicted octanol–water partition coefficient (Wildman–Crippen LogP) is 6.12. The number of hydrogen-bond acceptors (Lipinski definition) is 3. The minimum atomic E-state index is -0.472. The van der Waals surface area contributed by atoms with Crippen LogP contribution in [0.5, 0.6) is 0 Å². The maximum atomic E-state index is 13.3. The van der Waals surface area contributed by atoms with Crippen LogP contribution in [0.25, 0.3) is 11.6 Å². The Bertz CT molecular complexity index is 1140. The Labute approximate surface area is 170 Å². The molecule has 4 rings (SSSR count). The van der Waals surface area contributed by atoms with Crippen LogP contribution in [0, 0.1) is 10.1 Å². The standard InChI is InChI=1S/C21H12Cl2N2O3/c22-16-8-5-9-17(23)20(16)24-19-11-4-2-7-14(19)15(21(24)26)12-13-6-1-3-10-18(13)25(27)28/h1-12H/b15-12-. The Kier molecular flexibility index (Phi) is 4.63. The maximum absolute atomic E-state index is 13.3. The molecule has 0 fully saturated rings. The molecule has 3 aromatic rings. The van der Waals surface area contributed by atoms with Crippen LogP contribution < -0.4 is 4.90 Å². The molecular weight excluding hydrogens is 399 g/mol. The number of carbonyl (C=O) groups excluding carboxylic acids is 1. The summed E-state index contributed by atoms with van der Waals surface area (Å²) in [4.78, 5) is 25.6. The highest BCUT2D eigenvalue weighted by Crippen LogP contribution is 2.47. The molecule has 0 bridgehead atoms. The molecule has 0 N–H and O–H groups in total. The lowest BCUT2D eigenvalue weighted by Crippen LogP contribution is -2.21. The van der Waals surface area contributed by atoms with Gasteiger partial charge in [0.15, 0.2) is 0 Å². The summed E-state index contributed by atoms with van der Waals surface area (Å²) in [5, 5.41) is 12.0. The zero-order valence-electron chi connectivity index (χ0n) is 14.3. The van der Waals surface area contributed by atoms with Gasteiger partial charge in [-0.2, -0.15) is 0 Å². The summed E-state index contributed by atoms with van der Waals surface area (Å²) in [7, 11) is 0. The summed E-state index contributed by atoms with van der Waals surface area (Å²) in [6, 6.07) is 18.5. The summed E-state index contributed by atoms with van der Waals surface area (Å²) in [5.74, 6) is -0.352. The van der Waals surface area contributed by atoms with Crippen molar-refractivity contribution in [3.8, 4) is 0 Å². The summed E-state index contributed by atoms with van der Waals surface area (Å²) in [6.45, 7) is 0. The van der Waals surface area contributed by atoms with E-state index in [1.807, 2.05) is 0 Å². The van der Waals surface area contributed by atoms with Crippen molar-refractivity contribution < 1.29 is 9.72 Å². The predicted molar refractivity (Wildman–Crippen MR) is 111 cm³/mol. The van der Waals surface area contributed by atoms with E-state index in [1.54, 1.807) is 60.7 Å².